The topological polar surface area (TPSA) is 54.4 Å². The second-order valence-electron chi connectivity index (χ2n) is 7.12. The molecular weight excluding hydrogens is 272 g/mol. The first kappa shape index (κ1) is 17.2. The lowest BCUT2D eigenvalue weighted by molar-refractivity contribution is 0.0517. The van der Waals surface area contributed by atoms with E-state index in [1.165, 1.54) is 12.1 Å². The molecule has 0 radical (unpaired) electrons. The molecule has 1 N–H and O–H groups in total. The highest BCUT2D eigenvalue weighted by atomic mass is 32.2. The summed E-state index contributed by atoms with van der Waals surface area (Å²) in [6.07, 6.45) is 0.875. The van der Waals surface area contributed by atoms with Crippen LogP contribution in [0.2, 0.25) is 0 Å². The fourth-order valence-corrected chi connectivity index (χ4v) is 3.02. The molecule has 20 heavy (non-hydrogen) atoms. The van der Waals surface area contributed by atoms with Crippen molar-refractivity contribution in [3.8, 4) is 0 Å². The number of rotatable bonds is 4. The molecule has 0 fully saturated rings. The van der Waals surface area contributed by atoms with Gasteiger partial charge in [-0.15, -0.1) is 0 Å². The minimum absolute atomic E-state index is 0.0525. The lowest BCUT2D eigenvalue weighted by Crippen LogP contribution is -2.39. The molecule has 1 atom stereocenters. The summed E-state index contributed by atoms with van der Waals surface area (Å²) in [5.41, 5.74) is 1.33. The summed E-state index contributed by atoms with van der Waals surface area (Å²) in [7, 11) is -4.11. The molecule has 0 aliphatic carbocycles. The maximum Gasteiger partial charge on any atom is 0.294 e. The van der Waals surface area contributed by atoms with Crippen LogP contribution in [0, 0.1) is 16.7 Å². The van der Waals surface area contributed by atoms with Gasteiger partial charge in [-0.1, -0.05) is 53.7 Å². The molecule has 1 aromatic rings. The first-order chi connectivity index (χ1) is 8.88. The van der Waals surface area contributed by atoms with Crippen molar-refractivity contribution < 1.29 is 13.0 Å². The van der Waals surface area contributed by atoms with E-state index in [0.29, 0.717) is 5.92 Å². The van der Waals surface area contributed by atoms with Gasteiger partial charge in [-0.05, 0) is 40.9 Å². The predicted molar refractivity (Wildman–Crippen MR) is 82.4 cm³/mol. The lowest BCUT2D eigenvalue weighted by atomic mass is 9.59. The summed E-state index contributed by atoms with van der Waals surface area (Å²) in [6.45, 7) is 13.4. The lowest BCUT2D eigenvalue weighted by Gasteiger charge is -2.46. The van der Waals surface area contributed by atoms with Gasteiger partial charge in [0.1, 0.15) is 0 Å². The van der Waals surface area contributed by atoms with Crippen LogP contribution in [0.4, 0.5) is 0 Å². The van der Waals surface area contributed by atoms with E-state index >= 15 is 0 Å². The molecule has 114 valence electrons. The van der Waals surface area contributed by atoms with Gasteiger partial charge in [0.05, 0.1) is 4.90 Å². The van der Waals surface area contributed by atoms with Crippen molar-refractivity contribution in [3.63, 3.8) is 0 Å². The van der Waals surface area contributed by atoms with E-state index in [9.17, 15) is 8.42 Å². The van der Waals surface area contributed by atoms with Crippen LogP contribution in [0.1, 0.15) is 47.1 Å². The van der Waals surface area contributed by atoms with Crippen LogP contribution in [0.25, 0.3) is 0 Å². The van der Waals surface area contributed by atoms with Crippen molar-refractivity contribution >= 4 is 10.1 Å². The highest BCUT2D eigenvalue weighted by Crippen LogP contribution is 2.46. The minimum atomic E-state index is -4.11. The Morgan fingerprint density at radius 3 is 1.80 bits per heavy atom. The van der Waals surface area contributed by atoms with Crippen LogP contribution in [0.5, 0.6) is 0 Å². The summed E-state index contributed by atoms with van der Waals surface area (Å²) < 4.78 is 31.1. The molecule has 0 heterocycles. The summed E-state index contributed by atoms with van der Waals surface area (Å²) in [6, 6.07) is 6.51. The maximum absolute atomic E-state index is 11.1. The van der Waals surface area contributed by atoms with Gasteiger partial charge in [0.2, 0.25) is 0 Å². The second kappa shape index (κ2) is 5.49. The van der Waals surface area contributed by atoms with E-state index in [1.807, 2.05) is 0 Å². The van der Waals surface area contributed by atoms with E-state index in [1.54, 1.807) is 12.1 Å². The average Bonchev–Trinajstić information content (AvgIpc) is 2.26. The van der Waals surface area contributed by atoms with Crippen LogP contribution in [0.3, 0.4) is 0 Å². The standard InChI is InChI=1S/C16H26O3S/c1-12(2)16(6,15(3,4)5)11-13-7-9-14(10-8-13)20(17,18)19/h7-10,12H,11H2,1-6H3,(H,17,18,19). The third-order valence-electron chi connectivity index (χ3n) is 4.78. The van der Waals surface area contributed by atoms with Gasteiger partial charge in [0.15, 0.2) is 0 Å². The zero-order valence-corrected chi connectivity index (χ0v) is 14.1. The number of benzene rings is 1. The van der Waals surface area contributed by atoms with Gasteiger partial charge in [-0.2, -0.15) is 8.42 Å². The van der Waals surface area contributed by atoms with Crippen molar-refractivity contribution in [1.29, 1.82) is 0 Å². The normalized spacial score (nSPS) is 16.2. The molecule has 1 unspecified atom stereocenters. The Labute approximate surface area is 123 Å². The molecule has 0 aromatic heterocycles. The molecule has 0 aliphatic heterocycles. The van der Waals surface area contributed by atoms with Crippen molar-refractivity contribution in [1.82, 2.24) is 0 Å². The molecule has 3 nitrogen and oxygen atoms in total. The number of hydrogen-bond acceptors (Lipinski definition) is 2. The predicted octanol–water partition coefficient (Wildman–Crippen LogP) is 4.18. The van der Waals surface area contributed by atoms with Crippen molar-refractivity contribution in [2.24, 2.45) is 16.7 Å². The second-order valence-corrected chi connectivity index (χ2v) is 8.54. The molecule has 0 aliphatic rings. The summed E-state index contributed by atoms with van der Waals surface area (Å²) in [5, 5.41) is 0. The highest BCUT2D eigenvalue weighted by molar-refractivity contribution is 7.85. The van der Waals surface area contributed by atoms with Gasteiger partial charge >= 0.3 is 0 Å². The smallest absolute Gasteiger partial charge is 0.282 e. The van der Waals surface area contributed by atoms with Gasteiger partial charge in [-0.25, -0.2) is 0 Å². The van der Waals surface area contributed by atoms with E-state index in [0.717, 1.165) is 12.0 Å². The van der Waals surface area contributed by atoms with Crippen molar-refractivity contribution in [3.05, 3.63) is 29.8 Å². The van der Waals surface area contributed by atoms with Crippen LogP contribution < -0.4 is 0 Å². The minimum Gasteiger partial charge on any atom is -0.282 e. The van der Waals surface area contributed by atoms with Crippen molar-refractivity contribution in [2.45, 2.75) is 52.9 Å². The Morgan fingerprint density at radius 2 is 1.50 bits per heavy atom. The largest absolute Gasteiger partial charge is 0.294 e. The highest BCUT2D eigenvalue weighted by Gasteiger charge is 2.39. The van der Waals surface area contributed by atoms with Crippen LogP contribution >= 0.6 is 0 Å². The van der Waals surface area contributed by atoms with Crippen molar-refractivity contribution in [2.75, 3.05) is 0 Å². The maximum atomic E-state index is 11.1. The van der Waals surface area contributed by atoms with E-state index in [4.69, 9.17) is 4.55 Å². The molecule has 0 saturated carbocycles. The zero-order valence-electron chi connectivity index (χ0n) is 13.3. The third kappa shape index (κ3) is 3.61. The monoisotopic (exact) mass is 298 g/mol. The molecule has 0 bridgehead atoms. The Balaban J connectivity index is 3.09. The van der Waals surface area contributed by atoms with Crippen LogP contribution in [-0.2, 0) is 16.5 Å². The fraction of sp³-hybridized carbons (Fsp3) is 0.625. The Morgan fingerprint density at radius 1 is 1.05 bits per heavy atom. The molecular formula is C16H26O3S. The average molecular weight is 298 g/mol. The van der Waals surface area contributed by atoms with Gasteiger partial charge in [0.25, 0.3) is 10.1 Å². The Bertz CT molecular complexity index is 550. The molecule has 1 rings (SSSR count). The Kier molecular flexibility index (Phi) is 4.72. The van der Waals surface area contributed by atoms with E-state index in [-0.39, 0.29) is 15.7 Å². The van der Waals surface area contributed by atoms with Gasteiger partial charge < -0.3 is 0 Å². The SMILES string of the molecule is CC(C)C(C)(Cc1ccc(S(=O)(=O)O)cc1)C(C)(C)C. The molecule has 0 saturated heterocycles. The summed E-state index contributed by atoms with van der Waals surface area (Å²) in [5.74, 6) is 0.503. The molecule has 4 heteroatoms. The van der Waals surface area contributed by atoms with Gasteiger partial charge in [-0.3, -0.25) is 4.55 Å². The van der Waals surface area contributed by atoms with Crippen LogP contribution in [-0.4, -0.2) is 13.0 Å². The summed E-state index contributed by atoms with van der Waals surface area (Å²) in [4.78, 5) is -0.0525. The summed E-state index contributed by atoms with van der Waals surface area (Å²) >= 11 is 0. The fourth-order valence-electron chi connectivity index (χ4n) is 2.54. The quantitative estimate of drug-likeness (QED) is 0.848. The van der Waals surface area contributed by atoms with E-state index in [2.05, 4.69) is 41.5 Å². The van der Waals surface area contributed by atoms with Gasteiger partial charge in [0, 0.05) is 0 Å². The Hall–Kier alpha value is -0.870. The molecule has 0 amide bonds. The first-order valence-electron chi connectivity index (χ1n) is 6.94. The molecule has 0 spiro atoms. The molecule has 1 aromatic carbocycles. The third-order valence-corrected chi connectivity index (χ3v) is 5.65. The van der Waals surface area contributed by atoms with Crippen LogP contribution in [0.15, 0.2) is 29.2 Å². The zero-order chi connectivity index (χ0) is 15.8. The first-order valence-corrected chi connectivity index (χ1v) is 8.38. The number of hydrogen-bond donors (Lipinski definition) is 1. The van der Waals surface area contributed by atoms with E-state index < -0.39 is 10.1 Å².